The van der Waals surface area contributed by atoms with E-state index in [1.165, 1.54) is 29.0 Å². The van der Waals surface area contributed by atoms with Gasteiger partial charge in [0, 0.05) is 10.7 Å². The fraction of sp³-hybridized carbons (Fsp3) is 0. The summed E-state index contributed by atoms with van der Waals surface area (Å²) >= 11 is 8.86. The highest BCUT2D eigenvalue weighted by molar-refractivity contribution is 9.10. The Morgan fingerprint density at radius 3 is 2.71 bits per heavy atom. The average molecular weight is 319 g/mol. The summed E-state index contributed by atoms with van der Waals surface area (Å²) in [6.07, 6.45) is 1.36. The third kappa shape index (κ3) is 2.35. The monoisotopic (exact) mass is 317 g/mol. The number of halogens is 3. The van der Waals surface area contributed by atoms with Crippen molar-refractivity contribution in [3.05, 3.63) is 51.5 Å². The van der Waals surface area contributed by atoms with Crippen molar-refractivity contribution in [2.45, 2.75) is 0 Å². The molecule has 6 heteroatoms. The van der Waals surface area contributed by atoms with Gasteiger partial charge in [-0.1, -0.05) is 27.5 Å². The van der Waals surface area contributed by atoms with E-state index in [9.17, 15) is 9.18 Å². The molecule has 0 aliphatic carbocycles. The molecule has 0 saturated carbocycles. The molecular formula is C11H6BrClFNO2. The van der Waals surface area contributed by atoms with Crippen LogP contribution in [-0.4, -0.2) is 15.6 Å². The Bertz CT molecular complexity index is 597. The molecule has 2 rings (SSSR count). The number of aromatic nitrogens is 1. The first-order chi connectivity index (χ1) is 7.99. The highest BCUT2D eigenvalue weighted by atomic mass is 79.9. The smallest absolute Gasteiger partial charge is 0.352 e. The molecular weight excluding hydrogens is 312 g/mol. The molecule has 1 heterocycles. The van der Waals surface area contributed by atoms with Crippen molar-refractivity contribution in [3.8, 4) is 5.69 Å². The van der Waals surface area contributed by atoms with Crippen molar-refractivity contribution in [1.82, 2.24) is 4.57 Å². The lowest BCUT2D eigenvalue weighted by Crippen LogP contribution is -2.07. The lowest BCUT2D eigenvalue weighted by atomic mass is 10.3. The summed E-state index contributed by atoms with van der Waals surface area (Å²) < 4.78 is 15.5. The fourth-order valence-electron chi connectivity index (χ4n) is 1.47. The maximum atomic E-state index is 13.7. The summed E-state index contributed by atoms with van der Waals surface area (Å²) in [4.78, 5) is 11.0. The summed E-state index contributed by atoms with van der Waals surface area (Å²) in [7, 11) is 0. The molecule has 88 valence electrons. The van der Waals surface area contributed by atoms with Crippen molar-refractivity contribution >= 4 is 33.5 Å². The van der Waals surface area contributed by atoms with E-state index >= 15 is 0 Å². The first-order valence-corrected chi connectivity index (χ1v) is 5.73. The van der Waals surface area contributed by atoms with Crippen molar-refractivity contribution in [1.29, 1.82) is 0 Å². The van der Waals surface area contributed by atoms with Gasteiger partial charge < -0.3 is 9.67 Å². The zero-order chi connectivity index (χ0) is 12.6. The molecule has 0 atom stereocenters. The molecule has 17 heavy (non-hydrogen) atoms. The van der Waals surface area contributed by atoms with Crippen molar-refractivity contribution in [2.24, 2.45) is 0 Å². The van der Waals surface area contributed by atoms with Crippen LogP contribution in [0.4, 0.5) is 4.39 Å². The SMILES string of the molecule is O=C(O)c1cc(Cl)cn1-c1ccc(Br)cc1F. The van der Waals surface area contributed by atoms with Crippen LogP contribution in [-0.2, 0) is 0 Å². The van der Waals surface area contributed by atoms with E-state index in [-0.39, 0.29) is 16.4 Å². The van der Waals surface area contributed by atoms with Gasteiger partial charge in [0.2, 0.25) is 0 Å². The van der Waals surface area contributed by atoms with Crippen LogP contribution in [0.1, 0.15) is 10.5 Å². The van der Waals surface area contributed by atoms with Gasteiger partial charge in [-0.15, -0.1) is 0 Å². The molecule has 0 bridgehead atoms. The maximum Gasteiger partial charge on any atom is 0.352 e. The summed E-state index contributed by atoms with van der Waals surface area (Å²) in [6.45, 7) is 0. The molecule has 0 saturated heterocycles. The third-order valence-corrected chi connectivity index (χ3v) is 2.87. The minimum atomic E-state index is -1.17. The zero-order valence-electron chi connectivity index (χ0n) is 8.32. The molecule has 3 nitrogen and oxygen atoms in total. The lowest BCUT2D eigenvalue weighted by Gasteiger charge is -2.07. The van der Waals surface area contributed by atoms with Gasteiger partial charge in [-0.05, 0) is 24.3 Å². The number of benzene rings is 1. The first kappa shape index (κ1) is 12.1. The Labute approximate surface area is 110 Å². The number of hydrogen-bond donors (Lipinski definition) is 1. The van der Waals surface area contributed by atoms with E-state index in [4.69, 9.17) is 16.7 Å². The van der Waals surface area contributed by atoms with Crippen LogP contribution in [0, 0.1) is 5.82 Å². The third-order valence-electron chi connectivity index (χ3n) is 2.17. The fourth-order valence-corrected chi connectivity index (χ4v) is 2.01. The van der Waals surface area contributed by atoms with Gasteiger partial charge in [0.1, 0.15) is 11.5 Å². The topological polar surface area (TPSA) is 42.2 Å². The quantitative estimate of drug-likeness (QED) is 0.916. The lowest BCUT2D eigenvalue weighted by molar-refractivity contribution is 0.0688. The van der Waals surface area contributed by atoms with Gasteiger partial charge in [-0.2, -0.15) is 0 Å². The number of aromatic carboxylic acids is 1. The molecule has 0 fully saturated rings. The molecule has 0 aliphatic rings. The van der Waals surface area contributed by atoms with E-state index in [0.717, 1.165) is 0 Å². The molecule has 2 aromatic rings. The van der Waals surface area contributed by atoms with E-state index in [0.29, 0.717) is 4.47 Å². The van der Waals surface area contributed by atoms with Crippen LogP contribution < -0.4 is 0 Å². The van der Waals surface area contributed by atoms with Gasteiger partial charge in [0.15, 0.2) is 0 Å². The van der Waals surface area contributed by atoms with Gasteiger partial charge in [0.05, 0.1) is 10.7 Å². The number of nitrogens with zero attached hydrogens (tertiary/aromatic N) is 1. The first-order valence-electron chi connectivity index (χ1n) is 4.55. The van der Waals surface area contributed by atoms with Crippen LogP contribution in [0.15, 0.2) is 34.9 Å². The summed E-state index contributed by atoms with van der Waals surface area (Å²) in [5, 5.41) is 9.22. The van der Waals surface area contributed by atoms with Crippen molar-refractivity contribution in [3.63, 3.8) is 0 Å². The van der Waals surface area contributed by atoms with E-state index in [1.54, 1.807) is 6.07 Å². The minimum Gasteiger partial charge on any atom is -0.477 e. The predicted octanol–water partition coefficient (Wildman–Crippen LogP) is 3.73. The average Bonchev–Trinajstić information content (AvgIpc) is 2.60. The van der Waals surface area contributed by atoms with Crippen LogP contribution in [0.5, 0.6) is 0 Å². The Morgan fingerprint density at radius 2 is 2.12 bits per heavy atom. The van der Waals surface area contributed by atoms with Crippen LogP contribution in [0.3, 0.4) is 0 Å². The number of rotatable bonds is 2. The van der Waals surface area contributed by atoms with Crippen molar-refractivity contribution in [2.75, 3.05) is 0 Å². The molecule has 1 aromatic carbocycles. The number of carboxylic acids is 1. The van der Waals surface area contributed by atoms with Crippen LogP contribution >= 0.6 is 27.5 Å². The number of carboxylic acid groups (broad SMARTS) is 1. The van der Waals surface area contributed by atoms with Crippen LogP contribution in [0.2, 0.25) is 5.02 Å². The highest BCUT2D eigenvalue weighted by Crippen LogP contribution is 2.23. The molecule has 0 spiro atoms. The largest absolute Gasteiger partial charge is 0.477 e. The predicted molar refractivity (Wildman–Crippen MR) is 65.4 cm³/mol. The summed E-state index contributed by atoms with van der Waals surface area (Å²) in [5.41, 5.74) is 0.0497. The minimum absolute atomic E-state index is 0.0868. The molecule has 0 unspecified atom stereocenters. The molecule has 0 amide bonds. The highest BCUT2D eigenvalue weighted by Gasteiger charge is 2.15. The standard InChI is InChI=1S/C11H6BrClFNO2/c12-6-1-2-9(8(14)3-6)15-5-7(13)4-10(15)11(16)17/h1-5H,(H,16,17). The van der Waals surface area contributed by atoms with E-state index < -0.39 is 11.8 Å². The van der Waals surface area contributed by atoms with Gasteiger partial charge >= 0.3 is 5.97 Å². The molecule has 1 aromatic heterocycles. The second kappa shape index (κ2) is 4.50. The Hall–Kier alpha value is -1.33. The molecule has 1 N–H and O–H groups in total. The molecule has 0 aliphatic heterocycles. The Balaban J connectivity index is 2.63. The maximum absolute atomic E-state index is 13.7. The van der Waals surface area contributed by atoms with Crippen LogP contribution in [0.25, 0.3) is 5.69 Å². The second-order valence-electron chi connectivity index (χ2n) is 3.31. The summed E-state index contributed by atoms with van der Waals surface area (Å²) in [6, 6.07) is 5.63. The Morgan fingerprint density at radius 1 is 1.41 bits per heavy atom. The van der Waals surface area contributed by atoms with Crippen molar-refractivity contribution < 1.29 is 14.3 Å². The number of hydrogen-bond acceptors (Lipinski definition) is 1. The second-order valence-corrected chi connectivity index (χ2v) is 4.67. The Kier molecular flexibility index (Phi) is 3.22. The normalized spacial score (nSPS) is 10.5. The summed E-state index contributed by atoms with van der Waals surface area (Å²) in [5.74, 6) is -1.70. The van der Waals surface area contributed by atoms with Gasteiger partial charge in [0.25, 0.3) is 0 Å². The molecule has 0 radical (unpaired) electrons. The van der Waals surface area contributed by atoms with E-state index in [1.807, 2.05) is 0 Å². The van der Waals surface area contributed by atoms with E-state index in [2.05, 4.69) is 15.9 Å². The van der Waals surface area contributed by atoms with Gasteiger partial charge in [-0.25, -0.2) is 9.18 Å². The zero-order valence-corrected chi connectivity index (χ0v) is 10.7. The number of carbonyl (C=O) groups is 1. The van der Waals surface area contributed by atoms with Gasteiger partial charge in [-0.3, -0.25) is 0 Å².